The summed E-state index contributed by atoms with van der Waals surface area (Å²) in [4.78, 5) is 35.2. The normalized spacial score (nSPS) is 11.0. The Morgan fingerprint density at radius 2 is 1.59 bits per heavy atom. The Balaban J connectivity index is 2.05. The Morgan fingerprint density at radius 1 is 0.926 bits per heavy atom. The second kappa shape index (κ2) is 11.7. The largest absolute Gasteiger partial charge is 0.460 e. The third-order valence-electron chi connectivity index (χ3n) is 3.54. The summed E-state index contributed by atoms with van der Waals surface area (Å²) in [7, 11) is 0. The van der Waals surface area contributed by atoms with Gasteiger partial charge in [0.25, 0.3) is 5.91 Å². The van der Waals surface area contributed by atoms with E-state index in [1.54, 1.807) is 24.3 Å². The predicted octanol–water partition coefficient (Wildman–Crippen LogP) is 3.59. The van der Waals surface area contributed by atoms with Gasteiger partial charge >= 0.3 is 5.97 Å². The number of hydrogen-bond acceptors (Lipinski definition) is 4. The van der Waals surface area contributed by atoms with Crippen LogP contribution in [-0.2, 0) is 14.3 Å². The summed E-state index contributed by atoms with van der Waals surface area (Å²) in [5, 5.41) is 5.54. The lowest BCUT2D eigenvalue weighted by atomic mass is 10.1. The van der Waals surface area contributed by atoms with Gasteiger partial charge in [-0.3, -0.25) is 14.4 Å². The molecule has 150 valence electrons. The molecule has 0 fully saturated rings. The number of carbonyl (C=O) groups is 3. The summed E-state index contributed by atoms with van der Waals surface area (Å²) >= 11 is 3.32. The zero-order valence-electron chi connectivity index (χ0n) is 16.3. The first-order valence-corrected chi connectivity index (χ1v) is 9.99. The summed E-state index contributed by atoms with van der Waals surface area (Å²) in [5.41, 5.74) is 0.112. The van der Waals surface area contributed by atoms with Crippen LogP contribution in [0.3, 0.4) is 0 Å². The number of halogens is 1. The van der Waals surface area contributed by atoms with Gasteiger partial charge < -0.3 is 15.4 Å². The van der Waals surface area contributed by atoms with Crippen LogP contribution in [0.1, 0.15) is 63.2 Å². The molecule has 0 aliphatic heterocycles. The van der Waals surface area contributed by atoms with Gasteiger partial charge in [0.1, 0.15) is 5.60 Å². The molecule has 2 N–H and O–H groups in total. The average molecular weight is 441 g/mol. The molecule has 1 aromatic rings. The molecule has 1 rings (SSSR count). The van der Waals surface area contributed by atoms with E-state index in [4.69, 9.17) is 4.74 Å². The smallest absolute Gasteiger partial charge is 0.306 e. The highest BCUT2D eigenvalue weighted by molar-refractivity contribution is 9.10. The standard InChI is InChI=1S/C20H29BrN2O4/c1-20(2,3)27-18(25)7-5-4-6-13-22-17(24)12-14-23-19(26)15-8-10-16(21)11-9-15/h8-11H,4-7,12-14H2,1-3H3,(H,22,24)(H,23,26). The summed E-state index contributed by atoms with van der Waals surface area (Å²) in [6.07, 6.45) is 3.03. The van der Waals surface area contributed by atoms with E-state index >= 15 is 0 Å². The van der Waals surface area contributed by atoms with Crippen molar-refractivity contribution in [3.8, 4) is 0 Å². The molecule has 1 aromatic carbocycles. The van der Waals surface area contributed by atoms with Crippen molar-refractivity contribution in [3.05, 3.63) is 34.3 Å². The Morgan fingerprint density at radius 3 is 2.22 bits per heavy atom. The molecular weight excluding hydrogens is 412 g/mol. The molecule has 0 aromatic heterocycles. The zero-order chi connectivity index (χ0) is 20.3. The van der Waals surface area contributed by atoms with E-state index in [-0.39, 0.29) is 24.2 Å². The number of rotatable bonds is 10. The van der Waals surface area contributed by atoms with Crippen molar-refractivity contribution >= 4 is 33.7 Å². The van der Waals surface area contributed by atoms with Crippen molar-refractivity contribution < 1.29 is 19.1 Å². The number of carbonyl (C=O) groups excluding carboxylic acids is 3. The number of hydrogen-bond donors (Lipinski definition) is 2. The van der Waals surface area contributed by atoms with Crippen LogP contribution < -0.4 is 10.6 Å². The van der Waals surface area contributed by atoms with Crippen molar-refractivity contribution in [1.82, 2.24) is 10.6 Å². The van der Waals surface area contributed by atoms with E-state index in [1.807, 2.05) is 20.8 Å². The lowest BCUT2D eigenvalue weighted by Gasteiger charge is -2.19. The second-order valence-electron chi connectivity index (χ2n) is 7.26. The van der Waals surface area contributed by atoms with Gasteiger partial charge in [-0.25, -0.2) is 0 Å². The number of benzene rings is 1. The number of ether oxygens (including phenoxy) is 1. The first-order valence-electron chi connectivity index (χ1n) is 9.20. The van der Waals surface area contributed by atoms with E-state index in [1.165, 1.54) is 0 Å². The molecule has 27 heavy (non-hydrogen) atoms. The molecule has 2 amide bonds. The van der Waals surface area contributed by atoms with Crippen molar-refractivity contribution in [2.24, 2.45) is 0 Å². The Bertz CT molecular complexity index is 624. The topological polar surface area (TPSA) is 84.5 Å². The fraction of sp³-hybridized carbons (Fsp3) is 0.550. The van der Waals surface area contributed by atoms with Crippen molar-refractivity contribution in [2.75, 3.05) is 13.1 Å². The molecule has 6 nitrogen and oxygen atoms in total. The van der Waals surface area contributed by atoms with Crippen LogP contribution in [-0.4, -0.2) is 36.5 Å². The van der Waals surface area contributed by atoms with Gasteiger partial charge in [0.05, 0.1) is 0 Å². The first-order chi connectivity index (χ1) is 12.7. The van der Waals surface area contributed by atoms with Gasteiger partial charge in [-0.05, 0) is 57.9 Å². The number of nitrogens with one attached hydrogen (secondary N) is 2. The minimum absolute atomic E-state index is 0.0988. The molecule has 0 aliphatic carbocycles. The van der Waals surface area contributed by atoms with Gasteiger partial charge in [0, 0.05) is 36.0 Å². The van der Waals surface area contributed by atoms with E-state index in [0.717, 1.165) is 23.7 Å². The lowest BCUT2D eigenvalue weighted by Crippen LogP contribution is -2.31. The molecule has 0 saturated heterocycles. The minimum Gasteiger partial charge on any atom is -0.460 e. The fourth-order valence-electron chi connectivity index (χ4n) is 2.27. The van der Waals surface area contributed by atoms with Gasteiger partial charge in [0.2, 0.25) is 5.91 Å². The van der Waals surface area contributed by atoms with Crippen LogP contribution in [0, 0.1) is 0 Å². The van der Waals surface area contributed by atoms with E-state index in [0.29, 0.717) is 25.1 Å². The number of unbranched alkanes of at least 4 members (excludes halogenated alkanes) is 2. The molecular formula is C20H29BrN2O4. The van der Waals surface area contributed by atoms with Crippen LogP contribution in [0.2, 0.25) is 0 Å². The molecule has 0 spiro atoms. The van der Waals surface area contributed by atoms with Crippen LogP contribution in [0.25, 0.3) is 0 Å². The maximum Gasteiger partial charge on any atom is 0.306 e. The van der Waals surface area contributed by atoms with Gasteiger partial charge in [-0.15, -0.1) is 0 Å². The molecule has 7 heteroatoms. The highest BCUT2D eigenvalue weighted by Gasteiger charge is 2.15. The Hall–Kier alpha value is -1.89. The maximum absolute atomic E-state index is 11.9. The predicted molar refractivity (Wildman–Crippen MR) is 108 cm³/mol. The number of esters is 1. The van der Waals surface area contributed by atoms with E-state index in [2.05, 4.69) is 26.6 Å². The van der Waals surface area contributed by atoms with Crippen molar-refractivity contribution in [1.29, 1.82) is 0 Å². The summed E-state index contributed by atoms with van der Waals surface area (Å²) < 4.78 is 6.15. The lowest BCUT2D eigenvalue weighted by molar-refractivity contribution is -0.154. The Labute approximate surface area is 169 Å². The molecule has 0 heterocycles. The third kappa shape index (κ3) is 11.4. The van der Waals surface area contributed by atoms with Gasteiger partial charge in [-0.2, -0.15) is 0 Å². The van der Waals surface area contributed by atoms with E-state index in [9.17, 15) is 14.4 Å². The Kier molecular flexibility index (Phi) is 10.1. The molecule has 0 aliphatic rings. The summed E-state index contributed by atoms with van der Waals surface area (Å²) in [6.45, 7) is 6.40. The first kappa shape index (κ1) is 23.1. The van der Waals surface area contributed by atoms with Crippen LogP contribution >= 0.6 is 15.9 Å². The molecule has 0 bridgehead atoms. The monoisotopic (exact) mass is 440 g/mol. The fourth-order valence-corrected chi connectivity index (χ4v) is 2.54. The highest BCUT2D eigenvalue weighted by atomic mass is 79.9. The second-order valence-corrected chi connectivity index (χ2v) is 8.18. The summed E-state index contributed by atoms with van der Waals surface area (Å²) in [5.74, 6) is -0.483. The van der Waals surface area contributed by atoms with Crippen LogP contribution in [0.5, 0.6) is 0 Å². The quantitative estimate of drug-likeness (QED) is 0.429. The maximum atomic E-state index is 11.9. The molecule has 0 radical (unpaired) electrons. The zero-order valence-corrected chi connectivity index (χ0v) is 17.9. The minimum atomic E-state index is -0.447. The third-order valence-corrected chi connectivity index (χ3v) is 4.07. The van der Waals surface area contributed by atoms with E-state index < -0.39 is 5.60 Å². The van der Waals surface area contributed by atoms with Crippen LogP contribution in [0.15, 0.2) is 28.7 Å². The average Bonchev–Trinajstić information content (AvgIpc) is 2.57. The summed E-state index contributed by atoms with van der Waals surface area (Å²) in [6, 6.07) is 7.03. The van der Waals surface area contributed by atoms with Crippen molar-refractivity contribution in [2.45, 2.75) is 58.5 Å². The van der Waals surface area contributed by atoms with Crippen molar-refractivity contribution in [3.63, 3.8) is 0 Å². The molecule has 0 saturated carbocycles. The van der Waals surface area contributed by atoms with Crippen LogP contribution in [0.4, 0.5) is 0 Å². The SMILES string of the molecule is CC(C)(C)OC(=O)CCCCCNC(=O)CCNC(=O)c1ccc(Br)cc1. The molecule has 0 atom stereocenters. The number of amides is 2. The molecule has 0 unspecified atom stereocenters. The van der Waals surface area contributed by atoms with Gasteiger partial charge in [0.15, 0.2) is 0 Å². The highest BCUT2D eigenvalue weighted by Crippen LogP contribution is 2.11. The van der Waals surface area contributed by atoms with Gasteiger partial charge in [-0.1, -0.05) is 22.4 Å².